The van der Waals surface area contributed by atoms with E-state index in [9.17, 15) is 35.2 Å². The van der Waals surface area contributed by atoms with Crippen molar-refractivity contribution in [2.45, 2.75) is 5.51 Å². The molecule has 0 radical (unpaired) electrons. The molecule has 0 spiro atoms. The summed E-state index contributed by atoms with van der Waals surface area (Å²) in [5, 5.41) is 0.265. The smallest absolute Gasteiger partial charge is 0.376 e. The van der Waals surface area contributed by atoms with Gasteiger partial charge in [-0.3, -0.25) is 9.36 Å². The summed E-state index contributed by atoms with van der Waals surface area (Å²) in [5.74, 6) is -3.12. The number of hydrogen-bond donors (Lipinski definition) is 0. The Bertz CT molecular complexity index is 1580. The third-order valence-electron chi connectivity index (χ3n) is 4.80. The highest BCUT2D eigenvalue weighted by atomic mass is 35.5. The maximum absolute atomic E-state index is 14.6. The summed E-state index contributed by atoms with van der Waals surface area (Å²) in [6.45, 7) is 0. The van der Waals surface area contributed by atoms with E-state index in [-0.39, 0.29) is 27.1 Å². The molecule has 0 aliphatic heterocycles. The van der Waals surface area contributed by atoms with Crippen LogP contribution in [0.1, 0.15) is 0 Å². The van der Waals surface area contributed by atoms with Crippen LogP contribution in [0, 0.1) is 11.6 Å². The Kier molecular flexibility index (Phi) is 5.86. The van der Waals surface area contributed by atoms with Gasteiger partial charge in [-0.15, -0.1) is 0 Å². The van der Waals surface area contributed by atoms with Gasteiger partial charge in [0, 0.05) is 28.1 Å². The van der Waals surface area contributed by atoms with Crippen LogP contribution in [0.5, 0.6) is 5.75 Å². The number of pyridine rings is 1. The van der Waals surface area contributed by atoms with E-state index in [1.807, 2.05) is 0 Å². The highest BCUT2D eigenvalue weighted by molar-refractivity contribution is 7.88. The molecule has 0 N–H and O–H groups in total. The fourth-order valence-electron chi connectivity index (χ4n) is 3.38. The van der Waals surface area contributed by atoms with Gasteiger partial charge >= 0.3 is 15.6 Å². The van der Waals surface area contributed by atoms with Gasteiger partial charge < -0.3 is 4.18 Å². The van der Waals surface area contributed by atoms with E-state index < -0.39 is 44.3 Å². The molecule has 0 atom stereocenters. The van der Waals surface area contributed by atoms with Crippen molar-refractivity contribution in [1.82, 2.24) is 4.57 Å². The minimum absolute atomic E-state index is 0.0565. The van der Waals surface area contributed by atoms with Crippen LogP contribution in [0.25, 0.3) is 27.7 Å². The van der Waals surface area contributed by atoms with Crippen LogP contribution in [0.2, 0.25) is 5.02 Å². The van der Waals surface area contributed by atoms with Crippen molar-refractivity contribution in [2.24, 2.45) is 0 Å². The van der Waals surface area contributed by atoms with E-state index in [0.717, 1.165) is 36.4 Å². The number of aromatic nitrogens is 1. The van der Waals surface area contributed by atoms with E-state index in [0.29, 0.717) is 4.57 Å². The summed E-state index contributed by atoms with van der Waals surface area (Å²) in [7, 11) is -6.10. The maximum Gasteiger partial charge on any atom is 0.534 e. The second-order valence-corrected chi connectivity index (χ2v) is 8.89. The van der Waals surface area contributed by atoms with E-state index in [2.05, 4.69) is 4.18 Å². The van der Waals surface area contributed by atoms with Gasteiger partial charge in [0.15, 0.2) is 0 Å². The molecule has 0 bridgehead atoms. The van der Waals surface area contributed by atoms with E-state index in [1.54, 1.807) is 12.1 Å². The second-order valence-electron chi connectivity index (χ2n) is 6.94. The van der Waals surface area contributed by atoms with Crippen molar-refractivity contribution in [3.05, 3.63) is 93.7 Å². The van der Waals surface area contributed by atoms with Gasteiger partial charge in [0.2, 0.25) is 0 Å². The summed E-state index contributed by atoms with van der Waals surface area (Å²) in [6, 6.07) is 12.9. The molecule has 0 fully saturated rings. The Morgan fingerprint density at radius 2 is 1.50 bits per heavy atom. The highest BCUT2D eigenvalue weighted by Crippen LogP contribution is 2.38. The molecule has 3 aromatic carbocycles. The first-order valence-corrected chi connectivity index (χ1v) is 11.1. The van der Waals surface area contributed by atoms with Gasteiger partial charge in [-0.2, -0.15) is 21.6 Å². The lowest BCUT2D eigenvalue weighted by Crippen LogP contribution is -2.28. The molecule has 5 nitrogen and oxygen atoms in total. The third-order valence-corrected chi connectivity index (χ3v) is 6.11. The van der Waals surface area contributed by atoms with Crippen LogP contribution in [-0.4, -0.2) is 18.5 Å². The van der Waals surface area contributed by atoms with E-state index in [4.69, 9.17) is 11.6 Å². The van der Waals surface area contributed by atoms with Crippen LogP contribution in [0.15, 0.2) is 71.5 Å². The Balaban J connectivity index is 2.14. The van der Waals surface area contributed by atoms with Crippen molar-refractivity contribution in [3.63, 3.8) is 0 Å². The first-order chi connectivity index (χ1) is 15.9. The number of halogens is 6. The number of nitrogens with zero attached hydrogens (tertiary/aromatic N) is 1. The van der Waals surface area contributed by atoms with Crippen molar-refractivity contribution < 1.29 is 34.6 Å². The number of benzene rings is 3. The number of rotatable bonds is 4. The molecule has 0 aliphatic carbocycles. The number of fused-ring (bicyclic) bond motifs is 1. The zero-order chi connectivity index (χ0) is 24.8. The average Bonchev–Trinajstić information content (AvgIpc) is 2.74. The van der Waals surface area contributed by atoms with Gasteiger partial charge in [0.25, 0.3) is 5.56 Å². The Morgan fingerprint density at radius 3 is 2.12 bits per heavy atom. The molecule has 0 saturated heterocycles. The molecule has 176 valence electrons. The zero-order valence-corrected chi connectivity index (χ0v) is 18.2. The quantitative estimate of drug-likeness (QED) is 0.195. The standard InChI is InChI=1S/C22H11ClF5NO4S/c23-16-5-2-1-4-13(16)15-10-12(33-34(31,32)22(26,27)28)11-19-14(15)8-9-20(30)29(19)21-17(24)6-3-7-18(21)25/h1-11H. The third kappa shape index (κ3) is 4.12. The second kappa shape index (κ2) is 8.41. The lowest BCUT2D eigenvalue weighted by Gasteiger charge is -2.17. The predicted octanol–water partition coefficient (Wildman–Crippen LogP) is 5.82. The maximum atomic E-state index is 14.6. The van der Waals surface area contributed by atoms with Crippen molar-refractivity contribution in [1.29, 1.82) is 0 Å². The summed E-state index contributed by atoms with van der Waals surface area (Å²) >= 11 is 6.23. The Labute approximate surface area is 193 Å². The first-order valence-electron chi connectivity index (χ1n) is 9.30. The molecule has 1 aromatic heterocycles. The molecule has 0 saturated carbocycles. The summed E-state index contributed by atoms with van der Waals surface area (Å²) < 4.78 is 96.1. The van der Waals surface area contributed by atoms with Crippen LogP contribution < -0.4 is 9.74 Å². The minimum Gasteiger partial charge on any atom is -0.376 e. The van der Waals surface area contributed by atoms with E-state index >= 15 is 0 Å². The van der Waals surface area contributed by atoms with Crippen LogP contribution in [0.3, 0.4) is 0 Å². The van der Waals surface area contributed by atoms with Gasteiger partial charge in [0.05, 0.1) is 5.52 Å². The Hall–Kier alpha value is -3.44. The Morgan fingerprint density at radius 1 is 0.853 bits per heavy atom. The number of alkyl halides is 3. The largest absolute Gasteiger partial charge is 0.534 e. The van der Waals surface area contributed by atoms with Gasteiger partial charge in [-0.1, -0.05) is 35.9 Å². The normalized spacial score (nSPS) is 12.2. The monoisotopic (exact) mass is 515 g/mol. The molecule has 4 aromatic rings. The lowest BCUT2D eigenvalue weighted by molar-refractivity contribution is -0.0500. The molecule has 1 heterocycles. The minimum atomic E-state index is -6.10. The SMILES string of the molecule is O=c1ccc2c(-c3ccccc3Cl)cc(OS(=O)(=O)C(F)(F)F)cc2n1-c1c(F)cccc1F. The van der Waals surface area contributed by atoms with Crippen molar-refractivity contribution in [3.8, 4) is 22.6 Å². The lowest BCUT2D eigenvalue weighted by atomic mass is 9.99. The van der Waals surface area contributed by atoms with Crippen molar-refractivity contribution >= 4 is 32.6 Å². The van der Waals surface area contributed by atoms with Crippen LogP contribution in [0.4, 0.5) is 22.0 Å². The fraction of sp³-hybridized carbons (Fsp3) is 0.0455. The highest BCUT2D eigenvalue weighted by Gasteiger charge is 2.48. The van der Waals surface area contributed by atoms with Gasteiger partial charge in [-0.05, 0) is 35.9 Å². The van der Waals surface area contributed by atoms with Crippen molar-refractivity contribution in [2.75, 3.05) is 0 Å². The molecular weight excluding hydrogens is 505 g/mol. The zero-order valence-electron chi connectivity index (χ0n) is 16.6. The molecule has 12 heteroatoms. The molecule has 34 heavy (non-hydrogen) atoms. The van der Waals surface area contributed by atoms with Gasteiger partial charge in [0.1, 0.15) is 23.1 Å². The summed E-state index contributed by atoms with van der Waals surface area (Å²) in [4.78, 5) is 12.7. The average molecular weight is 516 g/mol. The number of hydrogen-bond acceptors (Lipinski definition) is 4. The summed E-state index contributed by atoms with van der Waals surface area (Å²) in [5.41, 5.74) is -7.51. The van der Waals surface area contributed by atoms with Gasteiger partial charge in [-0.25, -0.2) is 8.78 Å². The van der Waals surface area contributed by atoms with Crippen LogP contribution >= 0.6 is 11.6 Å². The topological polar surface area (TPSA) is 65.4 Å². The molecular formula is C22H11ClF5NO4S. The molecule has 0 unspecified atom stereocenters. The first kappa shape index (κ1) is 23.7. The van der Waals surface area contributed by atoms with E-state index in [1.165, 1.54) is 18.2 Å². The molecule has 0 aliphatic rings. The predicted molar refractivity (Wildman–Crippen MR) is 116 cm³/mol. The summed E-state index contributed by atoms with van der Waals surface area (Å²) in [6.07, 6.45) is 0. The number of para-hydroxylation sites is 1. The van der Waals surface area contributed by atoms with Crippen LogP contribution in [-0.2, 0) is 10.1 Å². The fourth-order valence-corrected chi connectivity index (χ4v) is 4.06. The molecule has 4 rings (SSSR count). The molecule has 0 amide bonds.